The minimum atomic E-state index is -4.37. The van der Waals surface area contributed by atoms with Gasteiger partial charge in [-0.2, -0.15) is 13.2 Å². The fourth-order valence-corrected chi connectivity index (χ4v) is 1.32. The second kappa shape index (κ2) is 3.81. The van der Waals surface area contributed by atoms with Crippen molar-refractivity contribution in [1.82, 2.24) is 4.98 Å². The van der Waals surface area contributed by atoms with Gasteiger partial charge >= 0.3 is 6.18 Å². The lowest BCUT2D eigenvalue weighted by Gasteiger charge is -2.21. The third-order valence-corrected chi connectivity index (χ3v) is 1.86. The van der Waals surface area contributed by atoms with E-state index in [1.54, 1.807) is 13.8 Å². The van der Waals surface area contributed by atoms with Crippen molar-refractivity contribution in [2.24, 2.45) is 5.73 Å². The number of nitrogens with zero attached hydrogens (tertiary/aromatic N) is 1. The molecular formula is C10H13F3N2. The number of hydrogen-bond acceptors (Lipinski definition) is 2. The molecule has 2 N–H and O–H groups in total. The highest BCUT2D eigenvalue weighted by molar-refractivity contribution is 5.27. The van der Waals surface area contributed by atoms with Crippen LogP contribution >= 0.6 is 0 Å². The average Bonchev–Trinajstić information content (AvgIpc) is 1.99. The van der Waals surface area contributed by atoms with E-state index < -0.39 is 17.3 Å². The second-order valence-electron chi connectivity index (χ2n) is 4.20. The van der Waals surface area contributed by atoms with Crippen molar-refractivity contribution in [1.29, 1.82) is 0 Å². The lowest BCUT2D eigenvalue weighted by molar-refractivity contribution is -0.138. The van der Waals surface area contributed by atoms with Crippen molar-refractivity contribution >= 4 is 0 Å². The van der Waals surface area contributed by atoms with Crippen molar-refractivity contribution in [3.8, 4) is 0 Å². The molecule has 0 aliphatic carbocycles. The van der Waals surface area contributed by atoms with Gasteiger partial charge in [0.1, 0.15) is 0 Å². The van der Waals surface area contributed by atoms with E-state index in [0.29, 0.717) is 0 Å². The minimum absolute atomic E-state index is 0.171. The molecule has 0 fully saturated rings. The van der Waals surface area contributed by atoms with Gasteiger partial charge in [-0.05, 0) is 31.9 Å². The first kappa shape index (κ1) is 12.0. The molecule has 0 amide bonds. The van der Waals surface area contributed by atoms with Crippen molar-refractivity contribution in [2.45, 2.75) is 32.0 Å². The van der Waals surface area contributed by atoms with Crippen LogP contribution in [0, 0.1) is 0 Å². The summed E-state index contributed by atoms with van der Waals surface area (Å²) in [5, 5.41) is 0. The summed E-state index contributed by atoms with van der Waals surface area (Å²) in [6, 6.07) is 1.36. The predicted molar refractivity (Wildman–Crippen MR) is 51.2 cm³/mol. The molecule has 2 nitrogen and oxygen atoms in total. The molecule has 0 saturated carbocycles. The van der Waals surface area contributed by atoms with Crippen LogP contribution in [-0.4, -0.2) is 10.5 Å². The Hall–Kier alpha value is -1.10. The van der Waals surface area contributed by atoms with Crippen molar-refractivity contribution < 1.29 is 13.2 Å². The third kappa shape index (κ3) is 3.51. The largest absolute Gasteiger partial charge is 0.418 e. The van der Waals surface area contributed by atoms with Crippen molar-refractivity contribution in [3.63, 3.8) is 0 Å². The number of pyridine rings is 1. The van der Waals surface area contributed by atoms with Crippen LogP contribution in [0.3, 0.4) is 0 Å². The summed E-state index contributed by atoms with van der Waals surface area (Å²) < 4.78 is 37.6. The zero-order valence-corrected chi connectivity index (χ0v) is 8.60. The van der Waals surface area contributed by atoms with Gasteiger partial charge in [0.2, 0.25) is 0 Å². The number of aromatic nitrogens is 1. The first-order valence-corrected chi connectivity index (χ1v) is 4.49. The molecule has 5 heteroatoms. The monoisotopic (exact) mass is 218 g/mol. The highest BCUT2D eigenvalue weighted by Gasteiger charge is 2.34. The smallest absolute Gasteiger partial charge is 0.325 e. The Kier molecular flexibility index (Phi) is 3.04. The topological polar surface area (TPSA) is 38.9 Å². The first-order valence-electron chi connectivity index (χ1n) is 4.49. The number of alkyl halides is 3. The minimum Gasteiger partial charge on any atom is -0.325 e. The van der Waals surface area contributed by atoms with E-state index in [1.165, 1.54) is 12.3 Å². The molecule has 1 aromatic rings. The van der Waals surface area contributed by atoms with Gasteiger partial charge in [-0.3, -0.25) is 4.98 Å². The average molecular weight is 218 g/mol. The number of rotatable bonds is 2. The molecular weight excluding hydrogens is 205 g/mol. The summed E-state index contributed by atoms with van der Waals surface area (Å²) in [5.74, 6) is 0. The highest BCUT2D eigenvalue weighted by atomic mass is 19.4. The maximum atomic E-state index is 12.5. The SMILES string of the molecule is CC(C)(N)Cc1ccncc1C(F)(F)F. The van der Waals surface area contributed by atoms with Crippen LogP contribution in [0.5, 0.6) is 0 Å². The van der Waals surface area contributed by atoms with E-state index in [0.717, 1.165) is 6.20 Å². The van der Waals surface area contributed by atoms with E-state index >= 15 is 0 Å². The first-order chi connectivity index (χ1) is 6.70. The Bertz CT molecular complexity index is 339. The fraction of sp³-hybridized carbons (Fsp3) is 0.500. The molecule has 0 aliphatic rings. The van der Waals surface area contributed by atoms with Gasteiger partial charge in [-0.25, -0.2) is 0 Å². The molecule has 0 atom stereocenters. The zero-order chi connectivity index (χ0) is 11.7. The number of halogens is 3. The van der Waals surface area contributed by atoms with Crippen molar-refractivity contribution in [2.75, 3.05) is 0 Å². The molecule has 1 rings (SSSR count). The Morgan fingerprint density at radius 2 is 1.93 bits per heavy atom. The van der Waals surface area contributed by atoms with Crippen LogP contribution in [0.25, 0.3) is 0 Å². The lowest BCUT2D eigenvalue weighted by Crippen LogP contribution is -2.35. The van der Waals surface area contributed by atoms with Gasteiger partial charge in [0, 0.05) is 17.9 Å². The summed E-state index contributed by atoms with van der Waals surface area (Å²) in [6.45, 7) is 3.38. The summed E-state index contributed by atoms with van der Waals surface area (Å²) >= 11 is 0. The van der Waals surface area contributed by atoms with Gasteiger partial charge in [0.05, 0.1) is 5.56 Å². The van der Waals surface area contributed by atoms with Gasteiger partial charge in [0.25, 0.3) is 0 Å². The molecule has 0 radical (unpaired) electrons. The molecule has 0 unspecified atom stereocenters. The molecule has 15 heavy (non-hydrogen) atoms. The fourth-order valence-electron chi connectivity index (χ4n) is 1.32. The Labute approximate surface area is 86.3 Å². The van der Waals surface area contributed by atoms with Gasteiger partial charge in [-0.1, -0.05) is 0 Å². The molecule has 1 heterocycles. The van der Waals surface area contributed by atoms with E-state index in [4.69, 9.17) is 5.73 Å². The number of nitrogens with two attached hydrogens (primary N) is 1. The lowest BCUT2D eigenvalue weighted by atomic mass is 9.94. The van der Waals surface area contributed by atoms with Gasteiger partial charge in [-0.15, -0.1) is 0 Å². The highest BCUT2D eigenvalue weighted by Crippen LogP contribution is 2.32. The van der Waals surface area contributed by atoms with E-state index in [2.05, 4.69) is 4.98 Å². The zero-order valence-electron chi connectivity index (χ0n) is 8.60. The Morgan fingerprint density at radius 3 is 2.40 bits per heavy atom. The van der Waals surface area contributed by atoms with Crippen LogP contribution in [0.15, 0.2) is 18.5 Å². The maximum Gasteiger partial charge on any atom is 0.418 e. The van der Waals surface area contributed by atoms with E-state index in [1.807, 2.05) is 0 Å². The standard InChI is InChI=1S/C10H13F3N2/c1-9(2,14)5-7-3-4-15-6-8(7)10(11,12)13/h3-4,6H,5,14H2,1-2H3. The van der Waals surface area contributed by atoms with E-state index in [-0.39, 0.29) is 12.0 Å². The normalized spacial score (nSPS) is 12.9. The quantitative estimate of drug-likeness (QED) is 0.827. The summed E-state index contributed by atoms with van der Waals surface area (Å²) in [4.78, 5) is 3.48. The maximum absolute atomic E-state index is 12.5. The molecule has 84 valence electrons. The van der Waals surface area contributed by atoms with Crippen LogP contribution in [0.4, 0.5) is 13.2 Å². The Morgan fingerprint density at radius 1 is 1.33 bits per heavy atom. The second-order valence-corrected chi connectivity index (χ2v) is 4.20. The summed E-state index contributed by atoms with van der Waals surface area (Å²) in [6.07, 6.45) is -2.02. The molecule has 0 spiro atoms. The molecule has 0 bridgehead atoms. The van der Waals surface area contributed by atoms with Crippen LogP contribution in [0.2, 0.25) is 0 Å². The predicted octanol–water partition coefficient (Wildman–Crippen LogP) is 2.38. The van der Waals surface area contributed by atoms with Gasteiger partial charge < -0.3 is 5.73 Å². The molecule has 0 aromatic carbocycles. The van der Waals surface area contributed by atoms with Gasteiger partial charge in [0.15, 0.2) is 0 Å². The van der Waals surface area contributed by atoms with Crippen LogP contribution < -0.4 is 5.73 Å². The van der Waals surface area contributed by atoms with Crippen LogP contribution in [-0.2, 0) is 12.6 Å². The molecule has 0 saturated heterocycles. The Balaban J connectivity index is 3.08. The number of hydrogen-bond donors (Lipinski definition) is 1. The molecule has 1 aromatic heterocycles. The molecule has 0 aliphatic heterocycles. The van der Waals surface area contributed by atoms with Crippen LogP contribution in [0.1, 0.15) is 25.0 Å². The summed E-state index contributed by atoms with van der Waals surface area (Å²) in [7, 11) is 0. The third-order valence-electron chi connectivity index (χ3n) is 1.86. The van der Waals surface area contributed by atoms with Crippen molar-refractivity contribution in [3.05, 3.63) is 29.6 Å². The van der Waals surface area contributed by atoms with E-state index in [9.17, 15) is 13.2 Å². The summed E-state index contributed by atoms with van der Waals surface area (Å²) in [5.41, 5.74) is 4.51.